The highest BCUT2D eigenvalue weighted by molar-refractivity contribution is 6.99. The summed E-state index contributed by atoms with van der Waals surface area (Å²) in [5.74, 6) is -1.80. The topological polar surface area (TPSA) is 89.6 Å². The van der Waals surface area contributed by atoms with Gasteiger partial charge in [-0.25, -0.2) is 9.97 Å². The van der Waals surface area contributed by atoms with Crippen molar-refractivity contribution in [3.8, 4) is 0 Å². The Kier molecular flexibility index (Phi) is 6.11. The normalized spacial score (nSPS) is 29.2. The Bertz CT molecular complexity index is 1470. The van der Waals surface area contributed by atoms with E-state index in [0.29, 0.717) is 23.9 Å². The standard InChI is InChI=1S/C30H34ClN3O4Si/c1-27(2,3)39(21-12-7-5-8-13-21,22-14-9-6-10-15-22)38-30(26(35)29(36)18-11-17-28(29,4)37-30)34-19-16-23-24(31)32-20-33-25(23)34/h5-10,12-16,19-20,26,35-36H,11,17-18H2,1-4H3. The van der Waals surface area contributed by atoms with Crippen LogP contribution in [0.25, 0.3) is 11.0 Å². The number of aromatic nitrogens is 3. The molecule has 204 valence electrons. The molecule has 7 nitrogen and oxygen atoms in total. The van der Waals surface area contributed by atoms with Crippen LogP contribution in [0.1, 0.15) is 47.0 Å². The molecule has 0 bridgehead atoms. The van der Waals surface area contributed by atoms with Gasteiger partial charge in [-0.3, -0.25) is 4.57 Å². The Hall–Kier alpha value is -2.59. The van der Waals surface area contributed by atoms with E-state index >= 15 is 0 Å². The van der Waals surface area contributed by atoms with Crippen molar-refractivity contribution in [2.45, 2.75) is 75.2 Å². The number of halogens is 1. The number of rotatable bonds is 5. The van der Waals surface area contributed by atoms with Gasteiger partial charge in [-0.05, 0) is 47.7 Å². The summed E-state index contributed by atoms with van der Waals surface area (Å²) >= 11 is 6.46. The van der Waals surface area contributed by atoms with E-state index in [-0.39, 0.29) is 5.15 Å². The van der Waals surface area contributed by atoms with Gasteiger partial charge in [-0.2, -0.15) is 0 Å². The predicted octanol–water partition coefficient (Wildman–Crippen LogP) is 4.34. The van der Waals surface area contributed by atoms with Crippen molar-refractivity contribution in [3.63, 3.8) is 0 Å². The molecule has 4 aromatic rings. The first-order chi connectivity index (χ1) is 18.5. The van der Waals surface area contributed by atoms with Crippen LogP contribution in [-0.4, -0.2) is 50.4 Å². The van der Waals surface area contributed by atoms with E-state index < -0.39 is 36.6 Å². The molecular weight excluding hydrogens is 530 g/mol. The maximum absolute atomic E-state index is 12.3. The summed E-state index contributed by atoms with van der Waals surface area (Å²) in [6.07, 6.45) is 3.45. The Morgan fingerprint density at radius 2 is 1.62 bits per heavy atom. The van der Waals surface area contributed by atoms with Crippen LogP contribution in [0.3, 0.4) is 0 Å². The second-order valence-electron chi connectivity index (χ2n) is 12.0. The third-order valence-electron chi connectivity index (χ3n) is 8.78. The highest BCUT2D eigenvalue weighted by Crippen LogP contribution is 2.58. The van der Waals surface area contributed by atoms with Crippen molar-refractivity contribution in [2.75, 3.05) is 0 Å². The van der Waals surface area contributed by atoms with Gasteiger partial charge in [0.1, 0.15) is 28.3 Å². The van der Waals surface area contributed by atoms with Gasteiger partial charge in [0.15, 0.2) is 6.10 Å². The van der Waals surface area contributed by atoms with Crippen LogP contribution in [-0.2, 0) is 15.1 Å². The third-order valence-corrected chi connectivity index (χ3v) is 14.1. The predicted molar refractivity (Wildman–Crippen MR) is 154 cm³/mol. The maximum atomic E-state index is 12.3. The molecule has 0 radical (unpaired) electrons. The molecule has 39 heavy (non-hydrogen) atoms. The highest BCUT2D eigenvalue weighted by atomic mass is 35.5. The van der Waals surface area contributed by atoms with E-state index in [2.05, 4.69) is 55.0 Å². The highest BCUT2D eigenvalue weighted by Gasteiger charge is 2.74. The summed E-state index contributed by atoms with van der Waals surface area (Å²) in [4.78, 5) is 8.67. The minimum absolute atomic E-state index is 0.289. The molecule has 4 unspecified atom stereocenters. The van der Waals surface area contributed by atoms with Gasteiger partial charge in [0.25, 0.3) is 14.2 Å². The molecular formula is C30H34ClN3O4Si. The summed E-state index contributed by atoms with van der Waals surface area (Å²) in [6.45, 7) is 8.36. The zero-order valence-corrected chi connectivity index (χ0v) is 24.4. The maximum Gasteiger partial charge on any atom is 0.279 e. The van der Waals surface area contributed by atoms with Crippen molar-refractivity contribution < 1.29 is 19.4 Å². The smallest absolute Gasteiger partial charge is 0.279 e. The number of benzene rings is 2. The molecule has 1 saturated carbocycles. The molecule has 4 atom stereocenters. The summed E-state index contributed by atoms with van der Waals surface area (Å²) in [5, 5.41) is 26.9. The molecule has 2 N–H and O–H groups in total. The summed E-state index contributed by atoms with van der Waals surface area (Å²) < 4.78 is 16.2. The van der Waals surface area contributed by atoms with Crippen LogP contribution in [0, 0.1) is 0 Å². The molecule has 2 aromatic carbocycles. The molecule has 2 aromatic heterocycles. The Balaban J connectivity index is 1.69. The zero-order valence-electron chi connectivity index (χ0n) is 22.6. The van der Waals surface area contributed by atoms with E-state index in [4.69, 9.17) is 20.8 Å². The zero-order chi connectivity index (χ0) is 27.7. The molecule has 2 fully saturated rings. The van der Waals surface area contributed by atoms with Gasteiger partial charge in [0.05, 0.1) is 5.39 Å². The van der Waals surface area contributed by atoms with Gasteiger partial charge in [0.2, 0.25) is 0 Å². The molecule has 9 heteroatoms. The Morgan fingerprint density at radius 1 is 1.00 bits per heavy atom. The average Bonchev–Trinajstić information content (AvgIpc) is 3.53. The number of nitrogens with zero attached hydrogens (tertiary/aromatic N) is 3. The Labute approximate surface area is 234 Å². The van der Waals surface area contributed by atoms with Crippen LogP contribution >= 0.6 is 11.6 Å². The lowest BCUT2D eigenvalue weighted by atomic mass is 9.84. The fourth-order valence-electron chi connectivity index (χ4n) is 6.77. The van der Waals surface area contributed by atoms with Crippen molar-refractivity contribution >= 4 is 41.3 Å². The molecule has 3 heterocycles. The molecule has 2 aliphatic rings. The number of hydrogen-bond donors (Lipinski definition) is 2. The SMILES string of the molecule is CC12CCCC1(O)C(O)C(O[Si](c1ccccc1)(c1ccccc1)C(C)(C)C)(n1ccc3c(Cl)ncnc31)O2. The van der Waals surface area contributed by atoms with Gasteiger partial charge in [0, 0.05) is 6.20 Å². The van der Waals surface area contributed by atoms with Crippen LogP contribution in [0.4, 0.5) is 0 Å². The van der Waals surface area contributed by atoms with Crippen molar-refractivity contribution in [3.05, 3.63) is 84.4 Å². The van der Waals surface area contributed by atoms with Crippen LogP contribution in [0.15, 0.2) is 79.3 Å². The number of aliphatic hydroxyl groups is 2. The number of hydrogen-bond acceptors (Lipinski definition) is 6. The van der Waals surface area contributed by atoms with Crippen LogP contribution < -0.4 is 10.4 Å². The first-order valence-electron chi connectivity index (χ1n) is 13.4. The first kappa shape index (κ1) is 26.6. The van der Waals surface area contributed by atoms with E-state index in [1.807, 2.05) is 43.3 Å². The number of aliphatic hydroxyl groups excluding tert-OH is 1. The third kappa shape index (κ3) is 3.62. The van der Waals surface area contributed by atoms with Gasteiger partial charge >= 0.3 is 0 Å². The van der Waals surface area contributed by atoms with Crippen molar-refractivity contribution in [1.82, 2.24) is 14.5 Å². The van der Waals surface area contributed by atoms with Crippen LogP contribution in [0.2, 0.25) is 10.2 Å². The molecule has 6 rings (SSSR count). The molecule has 1 aliphatic carbocycles. The summed E-state index contributed by atoms with van der Waals surface area (Å²) in [7, 11) is -3.29. The van der Waals surface area contributed by atoms with Gasteiger partial charge < -0.3 is 19.4 Å². The minimum atomic E-state index is -3.29. The molecule has 0 amide bonds. The summed E-state index contributed by atoms with van der Waals surface area (Å²) in [6, 6.07) is 22.2. The lowest BCUT2D eigenvalue weighted by molar-refractivity contribution is -0.288. The summed E-state index contributed by atoms with van der Waals surface area (Å²) in [5.41, 5.74) is -2.10. The second-order valence-corrected chi connectivity index (χ2v) is 16.6. The number of fused-ring (bicyclic) bond motifs is 2. The molecule has 0 spiro atoms. The van der Waals surface area contributed by atoms with Crippen molar-refractivity contribution in [1.29, 1.82) is 0 Å². The van der Waals surface area contributed by atoms with Gasteiger partial charge in [-0.15, -0.1) is 0 Å². The first-order valence-corrected chi connectivity index (χ1v) is 15.7. The molecule has 1 saturated heterocycles. The lowest BCUT2D eigenvalue weighted by Crippen LogP contribution is -2.71. The quantitative estimate of drug-likeness (QED) is 0.277. The minimum Gasteiger partial charge on any atom is -0.384 e. The average molecular weight is 564 g/mol. The lowest BCUT2D eigenvalue weighted by Gasteiger charge is -2.49. The molecule has 1 aliphatic heterocycles. The van der Waals surface area contributed by atoms with E-state index in [1.165, 1.54) is 6.33 Å². The van der Waals surface area contributed by atoms with E-state index in [9.17, 15) is 10.2 Å². The van der Waals surface area contributed by atoms with Gasteiger partial charge in [-0.1, -0.05) is 93.0 Å². The van der Waals surface area contributed by atoms with Crippen LogP contribution in [0.5, 0.6) is 0 Å². The number of ether oxygens (including phenoxy) is 1. The largest absolute Gasteiger partial charge is 0.384 e. The van der Waals surface area contributed by atoms with E-state index in [1.54, 1.807) is 16.8 Å². The van der Waals surface area contributed by atoms with E-state index in [0.717, 1.165) is 16.8 Å². The fourth-order valence-corrected chi connectivity index (χ4v) is 11.6. The second kappa shape index (κ2) is 8.96. The van der Waals surface area contributed by atoms with Crippen molar-refractivity contribution in [2.24, 2.45) is 0 Å². The monoisotopic (exact) mass is 563 g/mol. The fraction of sp³-hybridized carbons (Fsp3) is 0.400. The Morgan fingerprint density at radius 3 is 2.18 bits per heavy atom.